The van der Waals surface area contributed by atoms with Crippen molar-refractivity contribution in [2.45, 2.75) is 65.2 Å². The maximum absolute atomic E-state index is 12.3. The summed E-state index contributed by atoms with van der Waals surface area (Å²) in [5.41, 5.74) is 2.50. The molecule has 1 unspecified atom stereocenters. The lowest BCUT2D eigenvalue weighted by Crippen LogP contribution is -2.38. The largest absolute Gasteiger partial charge is 0.460 e. The van der Waals surface area contributed by atoms with Gasteiger partial charge in [0.05, 0.1) is 17.5 Å². The van der Waals surface area contributed by atoms with Crippen LogP contribution in [0.5, 0.6) is 6.01 Å². The van der Waals surface area contributed by atoms with E-state index in [1.165, 1.54) is 5.56 Å². The van der Waals surface area contributed by atoms with E-state index in [2.05, 4.69) is 45.1 Å². The van der Waals surface area contributed by atoms with E-state index in [0.29, 0.717) is 17.2 Å². The van der Waals surface area contributed by atoms with Gasteiger partial charge in [-0.15, -0.1) is 6.42 Å². The molecule has 1 aliphatic rings. The van der Waals surface area contributed by atoms with Crippen molar-refractivity contribution in [3.8, 4) is 18.4 Å². The van der Waals surface area contributed by atoms with Crippen LogP contribution in [0.25, 0.3) is 0 Å². The Labute approximate surface area is 208 Å². The van der Waals surface area contributed by atoms with Crippen molar-refractivity contribution < 1.29 is 14.3 Å². The highest BCUT2D eigenvalue weighted by molar-refractivity contribution is 7.80. The monoisotopic (exact) mass is 479 g/mol. The van der Waals surface area contributed by atoms with E-state index < -0.39 is 5.60 Å². The zero-order valence-corrected chi connectivity index (χ0v) is 21.2. The minimum Gasteiger partial charge on any atom is -0.460 e. The highest BCUT2D eigenvalue weighted by Crippen LogP contribution is 2.23. The number of esters is 1. The number of hydrogen-bond donors (Lipinski definition) is 0. The highest BCUT2D eigenvalue weighted by atomic mass is 32.1. The molecule has 0 spiro atoms. The van der Waals surface area contributed by atoms with Crippen LogP contribution in [0.1, 0.15) is 63.3 Å². The normalized spacial score (nSPS) is 15.9. The van der Waals surface area contributed by atoms with Crippen LogP contribution >= 0.6 is 12.2 Å². The number of benzene rings is 1. The third-order valence-electron chi connectivity index (χ3n) is 5.65. The summed E-state index contributed by atoms with van der Waals surface area (Å²) >= 11 is 5.22. The van der Waals surface area contributed by atoms with E-state index in [4.69, 9.17) is 28.1 Å². The third-order valence-corrected chi connectivity index (χ3v) is 5.88. The van der Waals surface area contributed by atoms with Crippen LogP contribution in [0, 0.1) is 18.3 Å². The summed E-state index contributed by atoms with van der Waals surface area (Å²) in [5.74, 6) is 2.26. The molecule has 1 atom stereocenters. The number of carbonyl (C=O) groups excluding carboxylic acids is 1. The van der Waals surface area contributed by atoms with Gasteiger partial charge in [0.15, 0.2) is 0 Å². The van der Waals surface area contributed by atoms with Crippen LogP contribution in [0.2, 0.25) is 0 Å². The molecular formula is C27H33N3O3S. The second kappa shape index (κ2) is 11.5. The fraction of sp³-hybridized carbons (Fsp3) is 0.481. The van der Waals surface area contributed by atoms with Crippen molar-refractivity contribution >= 4 is 23.1 Å². The summed E-state index contributed by atoms with van der Waals surface area (Å²) in [7, 11) is 0. The van der Waals surface area contributed by atoms with Crippen molar-refractivity contribution in [1.82, 2.24) is 14.9 Å². The molecule has 7 heteroatoms. The Hall–Kier alpha value is -2.82. The molecule has 1 fully saturated rings. The number of carbonyl (C=O) groups is 1. The van der Waals surface area contributed by atoms with Crippen molar-refractivity contribution in [3.63, 3.8) is 0 Å². The van der Waals surface area contributed by atoms with Crippen LogP contribution in [0.15, 0.2) is 36.5 Å². The lowest BCUT2D eigenvalue weighted by Gasteiger charge is -2.32. The van der Waals surface area contributed by atoms with Crippen LogP contribution < -0.4 is 4.74 Å². The molecule has 0 saturated carbocycles. The van der Waals surface area contributed by atoms with E-state index in [1.54, 1.807) is 12.3 Å². The summed E-state index contributed by atoms with van der Waals surface area (Å²) in [4.78, 5) is 24.0. The minimum atomic E-state index is -0.429. The molecule has 1 aromatic carbocycles. The molecule has 1 aromatic heterocycles. The fourth-order valence-electron chi connectivity index (χ4n) is 3.85. The summed E-state index contributed by atoms with van der Waals surface area (Å²) in [6, 6.07) is 10.4. The van der Waals surface area contributed by atoms with Crippen molar-refractivity contribution in [2.75, 3.05) is 13.1 Å². The first-order valence-electron chi connectivity index (χ1n) is 11.6. The number of rotatable bonds is 8. The Morgan fingerprint density at radius 1 is 1.21 bits per heavy atom. The van der Waals surface area contributed by atoms with Gasteiger partial charge in [0, 0.05) is 17.6 Å². The van der Waals surface area contributed by atoms with E-state index >= 15 is 0 Å². The highest BCUT2D eigenvalue weighted by Gasteiger charge is 2.29. The van der Waals surface area contributed by atoms with Crippen LogP contribution in [-0.4, -0.2) is 44.4 Å². The Kier molecular flexibility index (Phi) is 8.76. The molecule has 0 aliphatic carbocycles. The molecule has 1 aliphatic heterocycles. The lowest BCUT2D eigenvalue weighted by molar-refractivity contribution is -0.161. The van der Waals surface area contributed by atoms with Gasteiger partial charge in [0.1, 0.15) is 12.2 Å². The van der Waals surface area contributed by atoms with E-state index in [0.717, 1.165) is 38.0 Å². The first kappa shape index (κ1) is 25.8. The summed E-state index contributed by atoms with van der Waals surface area (Å²) in [6.07, 6.45) is 8.89. The number of likely N-dealkylation sites (tertiary alicyclic amines) is 1. The van der Waals surface area contributed by atoms with Crippen LogP contribution in [0.3, 0.4) is 0 Å². The lowest BCUT2D eigenvalue weighted by atomic mass is 9.96. The van der Waals surface area contributed by atoms with E-state index in [1.807, 2.05) is 27.7 Å². The molecule has 0 radical (unpaired) electrons. The smallest absolute Gasteiger partial charge is 0.316 e. The molecule has 1 saturated heterocycles. The number of piperidine rings is 1. The number of nitrogens with zero attached hydrogens (tertiary/aromatic N) is 3. The number of terminal acetylenes is 1. The first-order chi connectivity index (χ1) is 16.1. The second-order valence-electron chi connectivity index (χ2n) is 9.66. The topological polar surface area (TPSA) is 64.5 Å². The molecule has 2 aromatic rings. The Bertz CT molecular complexity index is 1030. The molecule has 0 N–H and O–H groups in total. The van der Waals surface area contributed by atoms with Gasteiger partial charge in [-0.05, 0) is 70.8 Å². The Balaban J connectivity index is 1.48. The van der Waals surface area contributed by atoms with E-state index in [-0.39, 0.29) is 23.8 Å². The number of hydrogen-bond acceptors (Lipinski definition) is 7. The quantitative estimate of drug-likeness (QED) is 0.308. The van der Waals surface area contributed by atoms with Crippen LogP contribution in [0.4, 0.5) is 0 Å². The Morgan fingerprint density at radius 2 is 1.85 bits per heavy atom. The van der Waals surface area contributed by atoms with Gasteiger partial charge in [0.25, 0.3) is 0 Å². The molecule has 6 nitrogen and oxygen atoms in total. The number of thiocarbonyl (C=S) groups is 1. The summed E-state index contributed by atoms with van der Waals surface area (Å²) in [5, 5.41) is 0. The third kappa shape index (κ3) is 7.61. The van der Waals surface area contributed by atoms with Crippen molar-refractivity contribution in [3.05, 3.63) is 53.3 Å². The van der Waals surface area contributed by atoms with Gasteiger partial charge < -0.3 is 9.47 Å². The average molecular weight is 480 g/mol. The predicted octanol–water partition coefficient (Wildman–Crippen LogP) is 4.72. The van der Waals surface area contributed by atoms with Gasteiger partial charge in [-0.1, -0.05) is 42.4 Å². The van der Waals surface area contributed by atoms with Crippen LogP contribution in [-0.2, 0) is 22.7 Å². The maximum atomic E-state index is 12.3. The summed E-state index contributed by atoms with van der Waals surface area (Å²) < 4.78 is 11.3. The molecule has 3 rings (SSSR count). The summed E-state index contributed by atoms with van der Waals surface area (Å²) in [6.45, 7) is 10.6. The SMILES string of the molecule is C#CC(C(C)=S)c1ccnc(OCc2ccc(CN3CCC(C(=O)OC(C)(C)C)CC3)cc2)n1. The first-order valence-corrected chi connectivity index (χ1v) is 12.0. The zero-order valence-electron chi connectivity index (χ0n) is 20.4. The second-order valence-corrected chi connectivity index (χ2v) is 10.3. The molecule has 0 amide bonds. The molecule has 2 heterocycles. The van der Waals surface area contributed by atoms with Gasteiger partial charge in [-0.25, -0.2) is 4.98 Å². The average Bonchev–Trinajstić information content (AvgIpc) is 2.78. The molecular weight excluding hydrogens is 446 g/mol. The molecule has 0 bridgehead atoms. The fourth-order valence-corrected chi connectivity index (χ4v) is 4.04. The van der Waals surface area contributed by atoms with E-state index in [9.17, 15) is 4.79 Å². The van der Waals surface area contributed by atoms with Gasteiger partial charge in [0.2, 0.25) is 0 Å². The maximum Gasteiger partial charge on any atom is 0.316 e. The molecule has 34 heavy (non-hydrogen) atoms. The van der Waals surface area contributed by atoms with Crippen molar-refractivity contribution in [1.29, 1.82) is 0 Å². The predicted molar refractivity (Wildman–Crippen MR) is 136 cm³/mol. The Morgan fingerprint density at radius 3 is 2.44 bits per heavy atom. The van der Waals surface area contributed by atoms with Gasteiger partial charge >= 0.3 is 12.0 Å². The number of ether oxygens (including phenoxy) is 2. The van der Waals surface area contributed by atoms with Gasteiger partial charge in [-0.2, -0.15) is 4.98 Å². The van der Waals surface area contributed by atoms with Gasteiger partial charge in [-0.3, -0.25) is 9.69 Å². The number of aromatic nitrogens is 2. The minimum absolute atomic E-state index is 0.000428. The zero-order chi connectivity index (χ0) is 24.7. The molecule has 180 valence electrons. The van der Waals surface area contributed by atoms with Crippen molar-refractivity contribution in [2.24, 2.45) is 5.92 Å². The standard InChI is InChI=1S/C27H33N3O3S/c1-6-23(19(2)34)24-11-14-28-26(29-24)32-18-21-9-7-20(8-10-21)17-30-15-12-22(13-16-30)25(31)33-27(3,4)5/h1,7-11,14,22-23H,12-13,15-18H2,2-5H3.